The number of hydrogen-bond donors (Lipinski definition) is 9. The summed E-state index contributed by atoms with van der Waals surface area (Å²) in [7, 11) is 0. The largest absolute Gasteiger partial charge is 0.456 e. The van der Waals surface area contributed by atoms with E-state index in [2.05, 4.69) is 10.6 Å². The molecule has 0 amide bonds. The molecular weight excluding hydrogens is 696 g/mol. The molecule has 17 atom stereocenters. The zero-order chi connectivity index (χ0) is 38.7. The molecule has 0 radical (unpaired) electrons. The molecule has 0 aromatic heterocycles. The number of piperidine rings is 2. The van der Waals surface area contributed by atoms with Crippen molar-refractivity contribution in [3.63, 3.8) is 0 Å². The van der Waals surface area contributed by atoms with Gasteiger partial charge >= 0.3 is 5.97 Å². The lowest BCUT2D eigenvalue weighted by Crippen LogP contribution is -2.70. The number of esters is 1. The van der Waals surface area contributed by atoms with Crippen molar-refractivity contribution in [2.75, 3.05) is 32.9 Å². The normalized spacial score (nSPS) is 44.5. The highest BCUT2D eigenvalue weighted by atomic mass is 16.6. The van der Waals surface area contributed by atoms with Crippen LogP contribution in [0.2, 0.25) is 0 Å². The third-order valence-electron chi connectivity index (χ3n) is 14.4. The molecule has 308 valence electrons. The van der Waals surface area contributed by atoms with Gasteiger partial charge in [0.25, 0.3) is 0 Å². The number of hydrogen-bond acceptors (Lipinski definition) is 14. The van der Waals surface area contributed by atoms with E-state index in [1.165, 1.54) is 6.08 Å². The third kappa shape index (κ3) is 8.94. The minimum absolute atomic E-state index is 0.0111. The van der Waals surface area contributed by atoms with Crippen LogP contribution in [0, 0.1) is 47.3 Å². The molecular formula is C40H68N4O10. The fourth-order valence-electron chi connectivity index (χ4n) is 11.4. The smallest absolute Gasteiger partial charge is 0.336 e. The van der Waals surface area contributed by atoms with Gasteiger partial charge < -0.3 is 61.8 Å². The molecule has 0 spiro atoms. The predicted octanol–water partition coefficient (Wildman–Crippen LogP) is 0.451. The number of fused-ring (bicyclic) bond motifs is 2. The molecule has 2 saturated carbocycles. The standard InChI is InChI=1S/C40H68N4O10/c1-3-22(18-45)39(51)53-30-16-27-36(50)34-29(49)15-26(19-46)52-38(34)35(37(27)54-40(30,2)11-9-21-7-8-31(41)44-17-21)33(24-10-12-43-32(42)14-24)28(20-47)23-5-4-6-25(48)13-23/h3,21,23-28,30-38,43-48,50H,4-20,41-42H2,1-2H3/t21?,23?,24?,25?,26?,27?,28-,30+,31?,32?,33?,34?,35?,36?,37?,38?,40+/m1/s1. The molecule has 6 rings (SSSR count). The summed E-state index contributed by atoms with van der Waals surface area (Å²) >= 11 is 0. The first kappa shape index (κ1) is 42.1. The van der Waals surface area contributed by atoms with Crippen LogP contribution < -0.4 is 22.1 Å². The fraction of sp³-hybridized carbons (Fsp3) is 0.900. The van der Waals surface area contributed by atoms with Crippen molar-refractivity contribution in [1.29, 1.82) is 0 Å². The Morgan fingerprint density at radius 3 is 2.46 bits per heavy atom. The van der Waals surface area contributed by atoms with Gasteiger partial charge in [0.1, 0.15) is 17.5 Å². The van der Waals surface area contributed by atoms with Crippen molar-refractivity contribution >= 4 is 11.8 Å². The number of carbonyl (C=O) groups is 2. The summed E-state index contributed by atoms with van der Waals surface area (Å²) in [5.74, 6) is -3.02. The van der Waals surface area contributed by atoms with Gasteiger partial charge in [0.2, 0.25) is 0 Å². The molecule has 0 aromatic rings. The second-order valence-corrected chi connectivity index (χ2v) is 17.7. The van der Waals surface area contributed by atoms with E-state index in [-0.39, 0.29) is 73.4 Å². The second-order valence-electron chi connectivity index (χ2n) is 17.7. The number of nitrogens with one attached hydrogen (secondary N) is 2. The van der Waals surface area contributed by atoms with Crippen molar-refractivity contribution in [3.05, 3.63) is 11.6 Å². The second kappa shape index (κ2) is 18.4. The van der Waals surface area contributed by atoms with Crippen molar-refractivity contribution < 1.29 is 49.3 Å². The van der Waals surface area contributed by atoms with E-state index >= 15 is 0 Å². The maximum Gasteiger partial charge on any atom is 0.336 e. The van der Waals surface area contributed by atoms with E-state index in [1.54, 1.807) is 6.92 Å². The summed E-state index contributed by atoms with van der Waals surface area (Å²) in [6.45, 7) is 4.11. The van der Waals surface area contributed by atoms with Gasteiger partial charge in [0.05, 0.1) is 67.6 Å². The topological polar surface area (TPSA) is 239 Å². The molecule has 11 N–H and O–H groups in total. The average Bonchev–Trinajstić information content (AvgIpc) is 3.15. The first-order valence-electron chi connectivity index (χ1n) is 20.8. The number of carbonyl (C=O) groups excluding carboxylic acids is 2. The Bertz CT molecular complexity index is 1300. The van der Waals surface area contributed by atoms with E-state index in [1.807, 2.05) is 6.92 Å². The summed E-state index contributed by atoms with van der Waals surface area (Å²) in [4.78, 5) is 27.6. The lowest BCUT2D eigenvalue weighted by molar-refractivity contribution is -0.296. The predicted molar refractivity (Wildman–Crippen MR) is 199 cm³/mol. The van der Waals surface area contributed by atoms with Gasteiger partial charge in [0, 0.05) is 24.9 Å². The van der Waals surface area contributed by atoms with Crippen LogP contribution in [0.3, 0.4) is 0 Å². The third-order valence-corrected chi connectivity index (χ3v) is 14.4. The molecule has 14 nitrogen and oxygen atoms in total. The number of Topliss-reactive ketones (excluding diaryl/α,β-unsaturated/α-hetero) is 1. The molecule has 6 aliphatic rings. The molecule has 6 fully saturated rings. The van der Waals surface area contributed by atoms with E-state index in [0.717, 1.165) is 45.1 Å². The van der Waals surface area contributed by atoms with Gasteiger partial charge in [-0.25, -0.2) is 4.79 Å². The molecule has 14 heteroatoms. The molecule has 0 bridgehead atoms. The first-order chi connectivity index (χ1) is 25.9. The summed E-state index contributed by atoms with van der Waals surface area (Å²) in [6.07, 6.45) is 4.26. The van der Waals surface area contributed by atoms with Crippen LogP contribution in [0.15, 0.2) is 11.6 Å². The Balaban J connectivity index is 1.44. The maximum atomic E-state index is 14.1. The van der Waals surface area contributed by atoms with Crippen LogP contribution in [0.25, 0.3) is 0 Å². The zero-order valence-corrected chi connectivity index (χ0v) is 32.3. The summed E-state index contributed by atoms with van der Waals surface area (Å²) in [6, 6.07) is 0. The van der Waals surface area contributed by atoms with Crippen LogP contribution in [0.5, 0.6) is 0 Å². The van der Waals surface area contributed by atoms with Crippen molar-refractivity contribution in [2.24, 2.45) is 58.8 Å². The summed E-state index contributed by atoms with van der Waals surface area (Å²) < 4.78 is 20.3. The number of ether oxygens (including phenoxy) is 3. The number of rotatable bonds is 12. The van der Waals surface area contributed by atoms with E-state index in [9.17, 15) is 35.1 Å². The van der Waals surface area contributed by atoms with Crippen LogP contribution in [0.1, 0.15) is 90.9 Å². The number of allylic oxidation sites excluding steroid dienone is 1. The van der Waals surface area contributed by atoms with Crippen LogP contribution >= 0.6 is 0 Å². The molecule has 54 heavy (non-hydrogen) atoms. The van der Waals surface area contributed by atoms with Crippen molar-refractivity contribution in [2.45, 2.75) is 145 Å². The lowest BCUT2D eigenvalue weighted by atomic mass is 9.53. The highest BCUT2D eigenvalue weighted by Crippen LogP contribution is 2.56. The highest BCUT2D eigenvalue weighted by molar-refractivity contribution is 5.88. The number of aliphatic hydroxyl groups excluding tert-OH is 5. The van der Waals surface area contributed by atoms with Gasteiger partial charge in [-0.15, -0.1) is 0 Å². The Kier molecular flexibility index (Phi) is 14.3. The first-order valence-corrected chi connectivity index (χ1v) is 20.8. The number of nitrogens with two attached hydrogens (primary N) is 2. The van der Waals surface area contributed by atoms with Gasteiger partial charge in [-0.2, -0.15) is 0 Å². The number of ketones is 1. The molecule has 2 aliphatic carbocycles. The van der Waals surface area contributed by atoms with Gasteiger partial charge in [0.15, 0.2) is 0 Å². The van der Waals surface area contributed by atoms with Gasteiger partial charge in [-0.1, -0.05) is 12.5 Å². The Labute approximate surface area is 320 Å². The minimum atomic E-state index is -1.17. The molecule has 0 aromatic carbocycles. The average molecular weight is 765 g/mol. The quantitative estimate of drug-likeness (QED) is 0.0970. The zero-order valence-electron chi connectivity index (χ0n) is 32.3. The Morgan fingerprint density at radius 1 is 1.02 bits per heavy atom. The highest BCUT2D eigenvalue weighted by Gasteiger charge is 2.64. The lowest BCUT2D eigenvalue weighted by Gasteiger charge is -2.61. The minimum Gasteiger partial charge on any atom is -0.456 e. The van der Waals surface area contributed by atoms with Gasteiger partial charge in [-0.3, -0.25) is 4.79 Å². The summed E-state index contributed by atoms with van der Waals surface area (Å²) in [5, 5.41) is 61.5. The van der Waals surface area contributed by atoms with E-state index in [4.69, 9.17) is 25.7 Å². The van der Waals surface area contributed by atoms with Gasteiger partial charge in [-0.05, 0) is 121 Å². The van der Waals surface area contributed by atoms with E-state index in [0.29, 0.717) is 38.1 Å². The maximum absolute atomic E-state index is 14.1. The van der Waals surface area contributed by atoms with Crippen LogP contribution in [-0.2, 0) is 23.8 Å². The SMILES string of the molecule is CC=C(CO)C(=O)O[C@H]1CC2C(O)C3C(=O)CC(CO)OC3C(C(C3CCNC(N)C3)[C@H](CO)C3CCCC(O)C3)C2O[C@@]1(C)CCC1CCC(N)NC1. The fourth-order valence-corrected chi connectivity index (χ4v) is 11.4. The molecule has 4 aliphatic heterocycles. The molecule has 14 unspecified atom stereocenters. The Morgan fingerprint density at radius 2 is 1.81 bits per heavy atom. The number of aliphatic hydroxyl groups is 5. The van der Waals surface area contributed by atoms with Crippen molar-refractivity contribution in [1.82, 2.24) is 10.6 Å². The van der Waals surface area contributed by atoms with E-state index < -0.39 is 72.6 Å². The molecule has 4 heterocycles. The van der Waals surface area contributed by atoms with Crippen LogP contribution in [0.4, 0.5) is 0 Å². The van der Waals surface area contributed by atoms with Crippen LogP contribution in [-0.4, -0.2) is 125 Å². The van der Waals surface area contributed by atoms with Crippen molar-refractivity contribution in [3.8, 4) is 0 Å². The summed E-state index contributed by atoms with van der Waals surface area (Å²) in [5.41, 5.74) is 11.8. The monoisotopic (exact) mass is 764 g/mol. The molecule has 4 saturated heterocycles. The Hall–Kier alpha value is -1.56.